The van der Waals surface area contributed by atoms with Gasteiger partial charge >= 0.3 is 5.97 Å². The fourth-order valence-corrected chi connectivity index (χ4v) is 2.15. The third kappa shape index (κ3) is 4.12. The molecular weight excluding hydrogens is 320 g/mol. The molecule has 6 nitrogen and oxygen atoms in total. The van der Waals surface area contributed by atoms with Crippen LogP contribution in [-0.4, -0.2) is 41.5 Å². The van der Waals surface area contributed by atoms with Crippen LogP contribution in [-0.2, 0) is 4.74 Å². The van der Waals surface area contributed by atoms with Crippen molar-refractivity contribution in [1.82, 2.24) is 10.3 Å². The summed E-state index contributed by atoms with van der Waals surface area (Å²) in [5.74, 6) is -0.691. The Morgan fingerprint density at radius 3 is 2.83 bits per heavy atom. The van der Waals surface area contributed by atoms with Gasteiger partial charge in [-0.3, -0.25) is 4.79 Å². The molecule has 3 N–H and O–H groups in total. The Hall–Kier alpha value is -2.31. The number of H-pyrrole nitrogens is 1. The van der Waals surface area contributed by atoms with Crippen LogP contribution in [0.1, 0.15) is 27.8 Å². The number of phenolic OH excluding ortho intramolecular Hbond substituents is 1. The van der Waals surface area contributed by atoms with Gasteiger partial charge in [0.1, 0.15) is 11.4 Å². The first-order chi connectivity index (χ1) is 10.6. The number of carbonyl (C=O) groups is 2. The number of carbonyl (C=O) groups excluding carboxylic acids is 2. The maximum Gasteiger partial charge on any atom is 0.354 e. The zero-order valence-corrected chi connectivity index (χ0v) is 13.5. The van der Waals surface area contributed by atoms with Crippen molar-refractivity contribution < 1.29 is 19.4 Å². The highest BCUT2D eigenvalue weighted by atomic mass is 35.5. The van der Waals surface area contributed by atoms with Crippen molar-refractivity contribution >= 4 is 35.1 Å². The monoisotopic (exact) mass is 338 g/mol. The number of esters is 1. The van der Waals surface area contributed by atoms with Gasteiger partial charge in [-0.2, -0.15) is 0 Å². The van der Waals surface area contributed by atoms with Crippen molar-refractivity contribution in [2.45, 2.75) is 6.92 Å². The van der Waals surface area contributed by atoms with Gasteiger partial charge in [0.25, 0.3) is 0 Å². The third-order valence-electron chi connectivity index (χ3n) is 3.14. The van der Waals surface area contributed by atoms with Gasteiger partial charge in [-0.05, 0) is 25.1 Å². The molecule has 2 aromatic rings. The van der Waals surface area contributed by atoms with Gasteiger partial charge in [0, 0.05) is 17.5 Å². The van der Waals surface area contributed by atoms with Crippen molar-refractivity contribution in [3.8, 4) is 5.75 Å². The largest absolute Gasteiger partial charge is 0.506 e. The van der Waals surface area contributed by atoms with Crippen LogP contribution in [0.4, 0.5) is 0 Å². The second-order valence-corrected chi connectivity index (χ2v) is 4.67. The number of hydrogen-bond acceptors (Lipinski definition) is 5. The number of ether oxygens (including phenoxy) is 1. The van der Waals surface area contributed by atoms with Crippen molar-refractivity contribution in [2.24, 2.45) is 0 Å². The minimum absolute atomic E-state index is 0. The molecule has 0 atom stereocenters. The summed E-state index contributed by atoms with van der Waals surface area (Å²) >= 11 is 0. The predicted octanol–water partition coefficient (Wildman–Crippen LogP) is 2.43. The number of aromatic nitrogens is 1. The van der Waals surface area contributed by atoms with Crippen molar-refractivity contribution in [2.75, 3.05) is 19.7 Å². The topological polar surface area (TPSA) is 91.4 Å². The average Bonchev–Trinajstić information content (AvgIpc) is 2.94. The second-order valence-electron chi connectivity index (χ2n) is 4.67. The number of hydrogen-bond donors (Lipinski definition) is 3. The molecule has 0 saturated heterocycles. The van der Waals surface area contributed by atoms with Crippen molar-refractivity contribution in [3.05, 3.63) is 42.1 Å². The number of ketones is 1. The van der Waals surface area contributed by atoms with E-state index in [0.717, 1.165) is 0 Å². The van der Waals surface area contributed by atoms with Crippen LogP contribution in [0.25, 0.3) is 10.9 Å². The van der Waals surface area contributed by atoms with E-state index in [1.165, 1.54) is 12.1 Å². The Labute approximate surface area is 139 Å². The molecule has 0 unspecified atom stereocenters. The smallest absolute Gasteiger partial charge is 0.354 e. The molecule has 2 rings (SSSR count). The van der Waals surface area contributed by atoms with E-state index < -0.39 is 5.97 Å². The minimum Gasteiger partial charge on any atom is -0.506 e. The maximum atomic E-state index is 12.2. The van der Waals surface area contributed by atoms with Crippen LogP contribution in [0.15, 0.2) is 30.9 Å². The Morgan fingerprint density at radius 2 is 2.17 bits per heavy atom. The Kier molecular flexibility index (Phi) is 6.81. The molecule has 1 aromatic heterocycles. The Balaban J connectivity index is 0.00000264. The highest BCUT2D eigenvalue weighted by Gasteiger charge is 2.18. The fourth-order valence-electron chi connectivity index (χ4n) is 2.15. The fraction of sp³-hybridized carbons (Fsp3) is 0.250. The number of nitrogens with one attached hydrogen (secondary N) is 2. The SMILES string of the molecule is C=CCNCC(=O)c1ccc(O)c2[nH]c(C(=O)OCC)cc12.Cl. The molecule has 0 aliphatic rings. The summed E-state index contributed by atoms with van der Waals surface area (Å²) < 4.78 is 4.92. The highest BCUT2D eigenvalue weighted by molar-refractivity contribution is 6.11. The molecule has 23 heavy (non-hydrogen) atoms. The van der Waals surface area contributed by atoms with Crippen molar-refractivity contribution in [1.29, 1.82) is 0 Å². The minimum atomic E-state index is -0.527. The van der Waals surface area contributed by atoms with Crippen LogP contribution >= 0.6 is 12.4 Å². The lowest BCUT2D eigenvalue weighted by Gasteiger charge is -2.04. The molecule has 0 spiro atoms. The summed E-state index contributed by atoms with van der Waals surface area (Å²) in [6.45, 7) is 6.19. The lowest BCUT2D eigenvalue weighted by molar-refractivity contribution is 0.0520. The molecular formula is C16H19ClN2O4. The zero-order valence-electron chi connectivity index (χ0n) is 12.7. The first kappa shape index (κ1) is 18.7. The number of rotatable bonds is 7. The van der Waals surface area contributed by atoms with E-state index in [4.69, 9.17) is 4.74 Å². The number of aromatic hydroxyl groups is 1. The van der Waals surface area contributed by atoms with Gasteiger partial charge in [0.15, 0.2) is 5.78 Å². The van der Waals surface area contributed by atoms with E-state index >= 15 is 0 Å². The van der Waals surface area contributed by atoms with E-state index in [0.29, 0.717) is 23.0 Å². The van der Waals surface area contributed by atoms with E-state index in [2.05, 4.69) is 16.9 Å². The zero-order chi connectivity index (χ0) is 16.1. The molecule has 124 valence electrons. The van der Waals surface area contributed by atoms with Gasteiger partial charge in [-0.25, -0.2) is 4.79 Å². The summed E-state index contributed by atoms with van der Waals surface area (Å²) in [6.07, 6.45) is 1.66. The van der Waals surface area contributed by atoms with Crippen LogP contribution in [0.2, 0.25) is 0 Å². The predicted molar refractivity (Wildman–Crippen MR) is 90.6 cm³/mol. The van der Waals surface area contributed by atoms with Gasteiger partial charge in [-0.15, -0.1) is 19.0 Å². The van der Waals surface area contributed by atoms with Crippen LogP contribution in [0.3, 0.4) is 0 Å². The first-order valence-corrected chi connectivity index (χ1v) is 6.95. The van der Waals surface area contributed by atoms with E-state index in [1.54, 1.807) is 19.1 Å². The molecule has 0 aliphatic carbocycles. The lowest BCUT2D eigenvalue weighted by atomic mass is 10.1. The molecule has 0 radical (unpaired) electrons. The molecule has 1 heterocycles. The van der Waals surface area contributed by atoms with Crippen molar-refractivity contribution in [3.63, 3.8) is 0 Å². The summed E-state index contributed by atoms with van der Waals surface area (Å²) in [5.41, 5.74) is 0.972. The maximum absolute atomic E-state index is 12.2. The number of Topliss-reactive ketones (excluding diaryl/α,β-unsaturated/α-hetero) is 1. The summed E-state index contributed by atoms with van der Waals surface area (Å²) in [6, 6.07) is 4.49. The molecule has 0 saturated carbocycles. The van der Waals surface area contributed by atoms with E-state index in [1.807, 2.05) is 0 Å². The normalized spacial score (nSPS) is 10.1. The number of aromatic amines is 1. The highest BCUT2D eigenvalue weighted by Crippen LogP contribution is 2.28. The molecule has 1 aromatic carbocycles. The molecule has 0 bridgehead atoms. The quantitative estimate of drug-likeness (QED) is 0.312. The molecule has 0 fully saturated rings. The van der Waals surface area contributed by atoms with Gasteiger partial charge in [-0.1, -0.05) is 6.08 Å². The molecule has 0 aliphatic heterocycles. The standard InChI is InChI=1S/C16H18N2O4.ClH/c1-3-7-17-9-14(20)10-5-6-13(19)15-11(10)8-12(18-15)16(21)22-4-2;/h3,5-6,8,17-19H,1,4,7,9H2,2H3;1H. The molecule has 7 heteroatoms. The van der Waals surface area contributed by atoms with E-state index in [9.17, 15) is 14.7 Å². The Morgan fingerprint density at radius 1 is 1.43 bits per heavy atom. The van der Waals surface area contributed by atoms with Gasteiger partial charge in [0.2, 0.25) is 0 Å². The first-order valence-electron chi connectivity index (χ1n) is 6.95. The summed E-state index contributed by atoms with van der Waals surface area (Å²) in [4.78, 5) is 26.8. The number of halogens is 1. The third-order valence-corrected chi connectivity index (χ3v) is 3.14. The Bertz CT molecular complexity index is 724. The van der Waals surface area contributed by atoms with Gasteiger partial charge in [0.05, 0.1) is 18.7 Å². The lowest BCUT2D eigenvalue weighted by Crippen LogP contribution is -2.23. The number of benzene rings is 1. The molecule has 0 amide bonds. The second kappa shape index (κ2) is 8.36. The number of phenols is 1. The summed E-state index contributed by atoms with van der Waals surface area (Å²) in [7, 11) is 0. The number of fused-ring (bicyclic) bond motifs is 1. The van der Waals surface area contributed by atoms with Crippen LogP contribution < -0.4 is 5.32 Å². The van der Waals surface area contributed by atoms with E-state index in [-0.39, 0.29) is 42.8 Å². The van der Waals surface area contributed by atoms with Crippen LogP contribution in [0, 0.1) is 0 Å². The van der Waals surface area contributed by atoms with Gasteiger partial charge < -0.3 is 20.1 Å². The van der Waals surface area contributed by atoms with Crippen LogP contribution in [0.5, 0.6) is 5.75 Å². The average molecular weight is 339 g/mol. The summed E-state index contributed by atoms with van der Waals surface area (Å²) in [5, 5.41) is 13.3.